The third-order valence-corrected chi connectivity index (χ3v) is 2.93. The van der Waals surface area contributed by atoms with Crippen molar-refractivity contribution in [3.05, 3.63) is 42.0 Å². The van der Waals surface area contributed by atoms with E-state index in [0.717, 1.165) is 6.42 Å². The molecule has 0 amide bonds. The average molecular weight is 232 g/mol. The van der Waals surface area contributed by atoms with Crippen LogP contribution in [0.25, 0.3) is 0 Å². The van der Waals surface area contributed by atoms with Gasteiger partial charge in [-0.25, -0.2) is 0 Å². The van der Waals surface area contributed by atoms with Crippen LogP contribution in [0.5, 0.6) is 5.75 Å². The number of hydrogen-bond donors (Lipinski definition) is 1. The summed E-state index contributed by atoms with van der Waals surface area (Å²) in [4.78, 5) is 0. The van der Waals surface area contributed by atoms with E-state index in [9.17, 15) is 5.11 Å². The Morgan fingerprint density at radius 1 is 1.18 bits per heavy atom. The van der Waals surface area contributed by atoms with Crippen molar-refractivity contribution in [2.24, 2.45) is 5.92 Å². The number of hydrogen-bond acceptors (Lipinski definition) is 1. The van der Waals surface area contributed by atoms with Crippen molar-refractivity contribution in [3.63, 3.8) is 0 Å². The Morgan fingerprint density at radius 3 is 2.53 bits per heavy atom. The van der Waals surface area contributed by atoms with Gasteiger partial charge in [-0.3, -0.25) is 0 Å². The first-order chi connectivity index (χ1) is 8.22. The van der Waals surface area contributed by atoms with Crippen molar-refractivity contribution < 1.29 is 5.11 Å². The van der Waals surface area contributed by atoms with Gasteiger partial charge in [0.25, 0.3) is 0 Å². The maximum absolute atomic E-state index is 9.20. The van der Waals surface area contributed by atoms with Crippen LogP contribution < -0.4 is 0 Å². The topological polar surface area (TPSA) is 20.2 Å². The van der Waals surface area contributed by atoms with Crippen LogP contribution in [0.15, 0.2) is 36.4 Å². The highest BCUT2D eigenvalue weighted by molar-refractivity contribution is 5.26. The molecular weight excluding hydrogens is 208 g/mol. The summed E-state index contributed by atoms with van der Waals surface area (Å²) in [5.41, 5.74) is 1.29. The maximum Gasteiger partial charge on any atom is 0.115 e. The lowest BCUT2D eigenvalue weighted by molar-refractivity contribution is 0.475. The number of phenolic OH excluding ortho intramolecular Hbond substituents is 1. The molecule has 0 radical (unpaired) electrons. The standard InChI is InChI=1S/C16H24O/c1-3-4-5-6-7-8-14(2)13-15-9-11-16(17)12-10-15/h7-12,14,17H,3-6,13H2,1-2H3/b8-7-. The Hall–Kier alpha value is -1.24. The molecule has 1 heteroatoms. The maximum atomic E-state index is 9.20. The van der Waals surface area contributed by atoms with E-state index >= 15 is 0 Å². The second-order valence-corrected chi connectivity index (χ2v) is 4.77. The lowest BCUT2D eigenvalue weighted by Crippen LogP contribution is -1.95. The second-order valence-electron chi connectivity index (χ2n) is 4.77. The van der Waals surface area contributed by atoms with Gasteiger partial charge in [-0.2, -0.15) is 0 Å². The molecule has 1 unspecified atom stereocenters. The van der Waals surface area contributed by atoms with E-state index in [4.69, 9.17) is 0 Å². The summed E-state index contributed by atoms with van der Waals surface area (Å²) in [5, 5.41) is 9.20. The van der Waals surface area contributed by atoms with E-state index in [2.05, 4.69) is 26.0 Å². The minimum Gasteiger partial charge on any atom is -0.508 e. The van der Waals surface area contributed by atoms with E-state index < -0.39 is 0 Å². The van der Waals surface area contributed by atoms with Gasteiger partial charge >= 0.3 is 0 Å². The first-order valence-corrected chi connectivity index (χ1v) is 6.67. The van der Waals surface area contributed by atoms with E-state index in [1.165, 1.54) is 31.2 Å². The van der Waals surface area contributed by atoms with E-state index in [1.807, 2.05) is 12.1 Å². The van der Waals surface area contributed by atoms with Gasteiger partial charge in [0.15, 0.2) is 0 Å². The molecule has 0 bridgehead atoms. The predicted octanol–water partition coefficient (Wildman–Crippen LogP) is 4.71. The number of aromatic hydroxyl groups is 1. The van der Waals surface area contributed by atoms with Gasteiger partial charge < -0.3 is 5.11 Å². The van der Waals surface area contributed by atoms with Crippen LogP contribution >= 0.6 is 0 Å². The molecule has 94 valence electrons. The molecule has 1 aromatic rings. The van der Waals surface area contributed by atoms with Gasteiger partial charge in [0, 0.05) is 0 Å². The molecule has 1 nitrogen and oxygen atoms in total. The van der Waals surface area contributed by atoms with Crippen LogP contribution in [0.4, 0.5) is 0 Å². The zero-order chi connectivity index (χ0) is 12.5. The fraction of sp³-hybridized carbons (Fsp3) is 0.500. The summed E-state index contributed by atoms with van der Waals surface area (Å²) < 4.78 is 0. The molecule has 1 rings (SSSR count). The highest BCUT2D eigenvalue weighted by atomic mass is 16.3. The summed E-state index contributed by atoms with van der Waals surface area (Å²) in [6.45, 7) is 4.47. The summed E-state index contributed by atoms with van der Waals surface area (Å²) in [6, 6.07) is 7.51. The minimum atomic E-state index is 0.344. The number of rotatable bonds is 7. The van der Waals surface area contributed by atoms with Gasteiger partial charge in [-0.15, -0.1) is 0 Å². The van der Waals surface area contributed by atoms with Crippen LogP contribution in [0.1, 0.15) is 45.1 Å². The Morgan fingerprint density at radius 2 is 1.88 bits per heavy atom. The van der Waals surface area contributed by atoms with Crippen molar-refractivity contribution in [3.8, 4) is 5.75 Å². The quantitative estimate of drug-likeness (QED) is 0.533. The van der Waals surface area contributed by atoms with Gasteiger partial charge in [0.1, 0.15) is 5.75 Å². The molecule has 1 atom stereocenters. The largest absolute Gasteiger partial charge is 0.508 e. The fourth-order valence-corrected chi connectivity index (χ4v) is 1.91. The number of unbranched alkanes of at least 4 members (excludes halogenated alkanes) is 3. The normalized spacial score (nSPS) is 13.1. The average Bonchev–Trinajstić information content (AvgIpc) is 2.32. The molecule has 0 heterocycles. The first-order valence-electron chi connectivity index (χ1n) is 6.67. The molecule has 1 N–H and O–H groups in total. The molecular formula is C16H24O. The lowest BCUT2D eigenvalue weighted by atomic mass is 10.00. The molecule has 0 spiro atoms. The van der Waals surface area contributed by atoms with E-state index in [-0.39, 0.29) is 0 Å². The van der Waals surface area contributed by atoms with Gasteiger partial charge in [0.05, 0.1) is 0 Å². The van der Waals surface area contributed by atoms with Crippen molar-refractivity contribution in [1.29, 1.82) is 0 Å². The van der Waals surface area contributed by atoms with Crippen molar-refractivity contribution in [1.82, 2.24) is 0 Å². The fourth-order valence-electron chi connectivity index (χ4n) is 1.91. The highest BCUT2D eigenvalue weighted by Crippen LogP contribution is 2.14. The molecule has 0 aliphatic rings. The van der Waals surface area contributed by atoms with E-state index in [1.54, 1.807) is 12.1 Å². The van der Waals surface area contributed by atoms with Gasteiger partial charge in [0.2, 0.25) is 0 Å². The predicted molar refractivity (Wildman–Crippen MR) is 74.3 cm³/mol. The van der Waals surface area contributed by atoms with E-state index in [0.29, 0.717) is 11.7 Å². The monoisotopic (exact) mass is 232 g/mol. The number of benzene rings is 1. The molecule has 1 aromatic carbocycles. The number of phenols is 1. The Kier molecular flexibility index (Phi) is 6.46. The molecule has 0 aromatic heterocycles. The van der Waals surface area contributed by atoms with Crippen LogP contribution in [0, 0.1) is 5.92 Å². The van der Waals surface area contributed by atoms with Crippen LogP contribution in [-0.2, 0) is 6.42 Å². The first kappa shape index (κ1) is 13.8. The Bertz CT molecular complexity index is 324. The third-order valence-electron chi connectivity index (χ3n) is 2.93. The van der Waals surface area contributed by atoms with Crippen molar-refractivity contribution >= 4 is 0 Å². The molecule has 0 aliphatic carbocycles. The molecule has 0 aliphatic heterocycles. The summed E-state index contributed by atoms with van der Waals surface area (Å²) >= 11 is 0. The minimum absolute atomic E-state index is 0.344. The van der Waals surface area contributed by atoms with Crippen LogP contribution in [-0.4, -0.2) is 5.11 Å². The Labute approximate surface area is 105 Å². The van der Waals surface area contributed by atoms with Gasteiger partial charge in [-0.05, 0) is 42.9 Å². The van der Waals surface area contributed by atoms with Crippen molar-refractivity contribution in [2.75, 3.05) is 0 Å². The van der Waals surface area contributed by atoms with Crippen molar-refractivity contribution in [2.45, 2.75) is 46.0 Å². The highest BCUT2D eigenvalue weighted by Gasteiger charge is 1.99. The number of allylic oxidation sites excluding steroid dienone is 2. The SMILES string of the molecule is CCCCC/C=C\C(C)Cc1ccc(O)cc1. The molecule has 0 fully saturated rings. The summed E-state index contributed by atoms with van der Waals surface area (Å²) in [6.07, 6.45) is 10.8. The molecule has 0 saturated carbocycles. The zero-order valence-corrected chi connectivity index (χ0v) is 11.0. The molecule has 17 heavy (non-hydrogen) atoms. The van der Waals surface area contributed by atoms with Gasteiger partial charge in [-0.1, -0.05) is 51.0 Å². The summed E-state index contributed by atoms with van der Waals surface area (Å²) in [7, 11) is 0. The molecule has 0 saturated heterocycles. The second kappa shape index (κ2) is 7.94. The third kappa shape index (κ3) is 6.15. The smallest absolute Gasteiger partial charge is 0.115 e. The van der Waals surface area contributed by atoms with Crippen LogP contribution in [0.2, 0.25) is 0 Å². The zero-order valence-electron chi connectivity index (χ0n) is 11.0. The van der Waals surface area contributed by atoms with Crippen LogP contribution in [0.3, 0.4) is 0 Å². The Balaban J connectivity index is 2.28. The summed E-state index contributed by atoms with van der Waals surface area (Å²) in [5.74, 6) is 0.915. The lowest BCUT2D eigenvalue weighted by Gasteiger charge is -2.06.